The molecule has 1 aliphatic heterocycles. The van der Waals surface area contributed by atoms with Crippen molar-refractivity contribution in [2.75, 3.05) is 24.5 Å². The predicted molar refractivity (Wildman–Crippen MR) is 113 cm³/mol. The largest absolute Gasteiger partial charge is 0.348 e. The summed E-state index contributed by atoms with van der Waals surface area (Å²) in [5.41, 5.74) is 1.06. The fourth-order valence-corrected chi connectivity index (χ4v) is 5.16. The summed E-state index contributed by atoms with van der Waals surface area (Å²) in [5.74, 6) is -0.546. The number of nitrogens with one attached hydrogen (secondary N) is 2. The van der Waals surface area contributed by atoms with Crippen LogP contribution in [0.3, 0.4) is 0 Å². The van der Waals surface area contributed by atoms with Gasteiger partial charge in [0.15, 0.2) is 5.13 Å². The fraction of sp³-hybridized carbons (Fsp3) is 0.571. The van der Waals surface area contributed by atoms with Crippen molar-refractivity contribution in [2.24, 2.45) is 5.92 Å². The molecule has 1 aliphatic carbocycles. The minimum atomic E-state index is -0.487. The summed E-state index contributed by atoms with van der Waals surface area (Å²) < 4.78 is 1.22. The van der Waals surface area contributed by atoms with Crippen molar-refractivity contribution in [3.8, 4) is 0 Å². The van der Waals surface area contributed by atoms with Crippen LogP contribution < -0.4 is 15.5 Å². The summed E-state index contributed by atoms with van der Waals surface area (Å²) in [6.45, 7) is 2.45. The van der Waals surface area contributed by atoms with E-state index in [-0.39, 0.29) is 6.04 Å². The van der Waals surface area contributed by atoms with Gasteiger partial charge in [-0.05, 0) is 43.7 Å². The molecule has 2 aliphatic rings. The molecule has 0 atom stereocenters. The van der Waals surface area contributed by atoms with Crippen molar-refractivity contribution in [1.82, 2.24) is 15.6 Å². The molecule has 1 saturated heterocycles. The van der Waals surface area contributed by atoms with Gasteiger partial charge < -0.3 is 15.5 Å². The van der Waals surface area contributed by atoms with Crippen molar-refractivity contribution < 1.29 is 9.59 Å². The number of hydrogen-bond acceptors (Lipinski definition) is 5. The van der Waals surface area contributed by atoms with E-state index in [2.05, 4.69) is 27.7 Å². The van der Waals surface area contributed by atoms with Crippen LogP contribution in [0.1, 0.15) is 44.9 Å². The van der Waals surface area contributed by atoms with Crippen LogP contribution in [0.4, 0.5) is 5.13 Å². The molecule has 2 amide bonds. The number of carbonyl (C=O) groups excluding carboxylic acids is 2. The molecule has 1 saturated carbocycles. The molecule has 0 spiro atoms. The monoisotopic (exact) mass is 400 g/mol. The van der Waals surface area contributed by atoms with Crippen LogP contribution >= 0.6 is 11.3 Å². The Bertz CT molecular complexity index is 790. The maximum Gasteiger partial charge on any atom is 0.309 e. The van der Waals surface area contributed by atoms with Crippen molar-refractivity contribution in [3.05, 3.63) is 24.3 Å². The van der Waals surface area contributed by atoms with Gasteiger partial charge in [-0.2, -0.15) is 0 Å². The van der Waals surface area contributed by atoms with Gasteiger partial charge in [-0.25, -0.2) is 4.98 Å². The molecule has 4 rings (SSSR count). The second-order valence-electron chi connectivity index (χ2n) is 7.91. The maximum atomic E-state index is 12.1. The fourth-order valence-electron chi connectivity index (χ4n) is 4.14. The third-order valence-corrected chi connectivity index (χ3v) is 6.96. The first kappa shape index (κ1) is 19.2. The highest BCUT2D eigenvalue weighted by Crippen LogP contribution is 2.31. The Balaban J connectivity index is 1.21. The van der Waals surface area contributed by atoms with E-state index >= 15 is 0 Å². The molecule has 6 nitrogen and oxygen atoms in total. The minimum Gasteiger partial charge on any atom is -0.348 e. The van der Waals surface area contributed by atoms with Crippen LogP contribution in [0.2, 0.25) is 0 Å². The number of aromatic nitrogens is 1. The Kier molecular flexibility index (Phi) is 6.10. The van der Waals surface area contributed by atoms with Crippen molar-refractivity contribution in [1.29, 1.82) is 0 Å². The molecular formula is C21H28N4O2S. The van der Waals surface area contributed by atoms with E-state index in [1.807, 2.05) is 12.1 Å². The minimum absolute atomic E-state index is 0.170. The first-order valence-electron chi connectivity index (χ1n) is 10.4. The maximum absolute atomic E-state index is 12.1. The van der Waals surface area contributed by atoms with Gasteiger partial charge in [-0.15, -0.1) is 0 Å². The molecule has 2 heterocycles. The second kappa shape index (κ2) is 8.90. The lowest BCUT2D eigenvalue weighted by atomic mass is 9.95. The molecule has 7 heteroatoms. The van der Waals surface area contributed by atoms with Gasteiger partial charge in [-0.1, -0.05) is 42.7 Å². The van der Waals surface area contributed by atoms with E-state index in [1.54, 1.807) is 11.3 Å². The van der Waals surface area contributed by atoms with E-state index < -0.39 is 11.8 Å². The van der Waals surface area contributed by atoms with Gasteiger partial charge >= 0.3 is 11.8 Å². The summed E-state index contributed by atoms with van der Waals surface area (Å²) in [5, 5.41) is 6.80. The SMILES string of the molecule is O=C(NCC1CCN(c2nc3ccccc3s2)CC1)C(=O)NC1CCCCC1. The lowest BCUT2D eigenvalue weighted by Crippen LogP contribution is -2.47. The van der Waals surface area contributed by atoms with E-state index in [9.17, 15) is 9.59 Å². The van der Waals surface area contributed by atoms with Crippen LogP contribution in [-0.2, 0) is 9.59 Å². The molecule has 0 bridgehead atoms. The lowest BCUT2D eigenvalue weighted by molar-refractivity contribution is -0.139. The molecule has 1 aromatic carbocycles. The number of amides is 2. The molecule has 150 valence electrons. The first-order valence-corrected chi connectivity index (χ1v) is 11.2. The molecule has 28 heavy (non-hydrogen) atoms. The molecule has 0 radical (unpaired) electrons. The number of para-hydroxylation sites is 1. The first-order chi connectivity index (χ1) is 13.7. The molecule has 0 unspecified atom stereocenters. The smallest absolute Gasteiger partial charge is 0.309 e. The summed E-state index contributed by atoms with van der Waals surface area (Å²) in [4.78, 5) is 31.2. The Morgan fingerprint density at radius 1 is 1.04 bits per heavy atom. The number of hydrogen-bond donors (Lipinski definition) is 2. The predicted octanol–water partition coefficient (Wildman–Crippen LogP) is 3.08. The normalized spacial score (nSPS) is 18.9. The van der Waals surface area contributed by atoms with Crippen molar-refractivity contribution in [2.45, 2.75) is 51.0 Å². The average Bonchev–Trinajstić information content (AvgIpc) is 3.17. The highest BCUT2D eigenvalue weighted by atomic mass is 32.1. The summed E-state index contributed by atoms with van der Waals surface area (Å²) in [6.07, 6.45) is 7.49. The summed E-state index contributed by atoms with van der Waals surface area (Å²) >= 11 is 1.74. The van der Waals surface area contributed by atoms with E-state index in [1.165, 1.54) is 11.1 Å². The highest BCUT2D eigenvalue weighted by molar-refractivity contribution is 7.22. The van der Waals surface area contributed by atoms with Crippen LogP contribution in [0.15, 0.2) is 24.3 Å². The Morgan fingerprint density at radius 3 is 2.54 bits per heavy atom. The van der Waals surface area contributed by atoms with Gasteiger partial charge in [0.05, 0.1) is 10.2 Å². The summed E-state index contributed by atoms with van der Waals surface area (Å²) in [7, 11) is 0. The quantitative estimate of drug-likeness (QED) is 0.774. The Hall–Kier alpha value is -2.15. The summed E-state index contributed by atoms with van der Waals surface area (Å²) in [6, 6.07) is 8.39. The van der Waals surface area contributed by atoms with Crippen LogP contribution in [0, 0.1) is 5.92 Å². The molecular weight excluding hydrogens is 372 g/mol. The van der Waals surface area contributed by atoms with E-state index in [0.717, 1.165) is 62.3 Å². The third kappa shape index (κ3) is 4.63. The number of benzene rings is 1. The van der Waals surface area contributed by atoms with Gasteiger partial charge in [-0.3, -0.25) is 9.59 Å². The van der Waals surface area contributed by atoms with E-state index in [4.69, 9.17) is 4.98 Å². The Labute approximate surface area is 169 Å². The van der Waals surface area contributed by atoms with Crippen LogP contribution in [0.25, 0.3) is 10.2 Å². The highest BCUT2D eigenvalue weighted by Gasteiger charge is 2.24. The standard InChI is InChI=1S/C21H28N4O2S/c26-19(20(27)23-16-6-2-1-3-7-16)22-14-15-10-12-25(13-11-15)21-24-17-8-4-5-9-18(17)28-21/h4-5,8-9,15-16H,1-3,6-7,10-14H2,(H,22,26)(H,23,27). The molecule has 1 aromatic heterocycles. The van der Waals surface area contributed by atoms with Gasteiger partial charge in [0.25, 0.3) is 0 Å². The van der Waals surface area contributed by atoms with Gasteiger partial charge in [0.1, 0.15) is 0 Å². The Morgan fingerprint density at radius 2 is 1.79 bits per heavy atom. The third-order valence-electron chi connectivity index (χ3n) is 5.87. The number of piperidine rings is 1. The van der Waals surface area contributed by atoms with Crippen molar-refractivity contribution >= 4 is 38.5 Å². The molecule has 2 N–H and O–H groups in total. The van der Waals surface area contributed by atoms with Gasteiger partial charge in [0, 0.05) is 25.7 Å². The number of carbonyl (C=O) groups is 2. The molecule has 2 fully saturated rings. The molecule has 2 aromatic rings. The van der Waals surface area contributed by atoms with Crippen molar-refractivity contribution in [3.63, 3.8) is 0 Å². The van der Waals surface area contributed by atoms with Crippen LogP contribution in [0.5, 0.6) is 0 Å². The van der Waals surface area contributed by atoms with Crippen LogP contribution in [-0.4, -0.2) is 42.5 Å². The number of fused-ring (bicyclic) bond motifs is 1. The zero-order valence-electron chi connectivity index (χ0n) is 16.2. The topological polar surface area (TPSA) is 74.3 Å². The zero-order chi connectivity index (χ0) is 19.3. The second-order valence-corrected chi connectivity index (χ2v) is 8.92. The average molecular weight is 401 g/mol. The number of thiazole rings is 1. The number of anilines is 1. The van der Waals surface area contributed by atoms with Gasteiger partial charge in [0.2, 0.25) is 0 Å². The van der Waals surface area contributed by atoms with E-state index in [0.29, 0.717) is 12.5 Å². The number of rotatable bonds is 4. The zero-order valence-corrected chi connectivity index (χ0v) is 17.0. The lowest BCUT2D eigenvalue weighted by Gasteiger charge is -2.31. The number of nitrogens with zero attached hydrogens (tertiary/aromatic N) is 2.